The van der Waals surface area contributed by atoms with Crippen molar-refractivity contribution in [2.75, 3.05) is 53.5 Å². The lowest BCUT2D eigenvalue weighted by Crippen LogP contribution is -2.49. The van der Waals surface area contributed by atoms with Crippen LogP contribution in [-0.2, 0) is 16.1 Å². The number of aliphatic imine (C=N–C) groups is 1. The summed E-state index contributed by atoms with van der Waals surface area (Å²) in [6.45, 7) is 7.21. The van der Waals surface area contributed by atoms with E-state index < -0.39 is 0 Å². The summed E-state index contributed by atoms with van der Waals surface area (Å²) in [6.07, 6.45) is 2.11. The number of amides is 1. The number of guanidine groups is 1. The van der Waals surface area contributed by atoms with Crippen molar-refractivity contribution in [3.05, 3.63) is 35.9 Å². The number of carbonyl (C=O) groups is 1. The SMILES string of the molecule is CCOCCNC(=NCC(=O)N(C)C)NC1CCN(Cc2ccccc2)CC1.I. The van der Waals surface area contributed by atoms with Crippen molar-refractivity contribution < 1.29 is 9.53 Å². The lowest BCUT2D eigenvalue weighted by Gasteiger charge is -2.33. The summed E-state index contributed by atoms with van der Waals surface area (Å²) in [5.41, 5.74) is 1.36. The van der Waals surface area contributed by atoms with Gasteiger partial charge in [0.05, 0.1) is 6.61 Å². The van der Waals surface area contributed by atoms with Gasteiger partial charge >= 0.3 is 0 Å². The number of benzene rings is 1. The number of ether oxygens (including phenoxy) is 1. The zero-order valence-corrected chi connectivity index (χ0v) is 20.2. The van der Waals surface area contributed by atoms with Crippen molar-refractivity contribution >= 4 is 35.8 Å². The van der Waals surface area contributed by atoms with Gasteiger partial charge in [-0.05, 0) is 25.3 Å². The molecule has 0 saturated carbocycles. The van der Waals surface area contributed by atoms with Crippen molar-refractivity contribution in [1.29, 1.82) is 0 Å². The third kappa shape index (κ3) is 10.3. The molecule has 1 heterocycles. The first-order chi connectivity index (χ1) is 13.6. The van der Waals surface area contributed by atoms with Crippen LogP contribution in [0, 0.1) is 0 Å². The number of halogens is 1. The molecular weight excluding hydrogens is 481 g/mol. The maximum atomic E-state index is 11.9. The standard InChI is InChI=1S/C21H35N5O2.HI/c1-4-28-15-12-22-21(23-16-20(27)25(2)3)24-19-10-13-26(14-11-19)17-18-8-6-5-7-9-18;/h5-9,19H,4,10-17H2,1-3H3,(H2,22,23,24);1H. The fraction of sp³-hybridized carbons (Fsp3) is 0.619. The van der Waals surface area contributed by atoms with Crippen LogP contribution in [-0.4, -0.2) is 81.2 Å². The van der Waals surface area contributed by atoms with Crippen LogP contribution in [0.5, 0.6) is 0 Å². The van der Waals surface area contributed by atoms with Gasteiger partial charge in [0, 0.05) is 52.9 Å². The lowest BCUT2D eigenvalue weighted by atomic mass is 10.0. The molecule has 0 bridgehead atoms. The average Bonchev–Trinajstić information content (AvgIpc) is 2.71. The number of piperidine rings is 1. The molecule has 1 aromatic rings. The van der Waals surface area contributed by atoms with Crippen LogP contribution < -0.4 is 10.6 Å². The minimum atomic E-state index is -0.0106. The molecule has 7 nitrogen and oxygen atoms in total. The Morgan fingerprint density at radius 2 is 1.93 bits per heavy atom. The summed E-state index contributed by atoms with van der Waals surface area (Å²) in [4.78, 5) is 20.4. The largest absolute Gasteiger partial charge is 0.380 e. The van der Waals surface area contributed by atoms with Gasteiger partial charge in [0.1, 0.15) is 6.54 Å². The fourth-order valence-corrected chi connectivity index (χ4v) is 3.10. The Kier molecular flexibility index (Phi) is 12.9. The van der Waals surface area contributed by atoms with E-state index in [2.05, 4.69) is 50.9 Å². The van der Waals surface area contributed by atoms with E-state index in [0.717, 1.165) is 32.5 Å². The molecule has 29 heavy (non-hydrogen) atoms. The van der Waals surface area contributed by atoms with Gasteiger partial charge in [-0.1, -0.05) is 30.3 Å². The van der Waals surface area contributed by atoms with Crippen LogP contribution >= 0.6 is 24.0 Å². The van der Waals surface area contributed by atoms with Crippen molar-refractivity contribution in [3.8, 4) is 0 Å². The van der Waals surface area contributed by atoms with Gasteiger partial charge in [-0.2, -0.15) is 0 Å². The van der Waals surface area contributed by atoms with Crippen LogP contribution in [0.3, 0.4) is 0 Å². The predicted octanol–water partition coefficient (Wildman–Crippen LogP) is 1.93. The highest BCUT2D eigenvalue weighted by Crippen LogP contribution is 2.13. The molecule has 164 valence electrons. The highest BCUT2D eigenvalue weighted by Gasteiger charge is 2.20. The van der Waals surface area contributed by atoms with Crippen LogP contribution in [0.15, 0.2) is 35.3 Å². The van der Waals surface area contributed by atoms with Crippen molar-refractivity contribution in [3.63, 3.8) is 0 Å². The maximum Gasteiger partial charge on any atom is 0.243 e. The van der Waals surface area contributed by atoms with E-state index >= 15 is 0 Å². The smallest absolute Gasteiger partial charge is 0.243 e. The third-order valence-electron chi connectivity index (χ3n) is 4.79. The van der Waals surface area contributed by atoms with Crippen molar-refractivity contribution in [2.45, 2.75) is 32.4 Å². The topological polar surface area (TPSA) is 69.2 Å². The highest BCUT2D eigenvalue weighted by molar-refractivity contribution is 14.0. The molecule has 1 amide bonds. The molecule has 8 heteroatoms. The number of hydrogen-bond acceptors (Lipinski definition) is 4. The van der Waals surface area contributed by atoms with E-state index in [1.807, 2.05) is 6.92 Å². The van der Waals surface area contributed by atoms with Crippen molar-refractivity contribution in [2.24, 2.45) is 4.99 Å². The number of likely N-dealkylation sites (tertiary alicyclic amines) is 1. The molecule has 1 aromatic carbocycles. The summed E-state index contributed by atoms with van der Waals surface area (Å²) < 4.78 is 5.38. The number of hydrogen-bond donors (Lipinski definition) is 2. The second-order valence-electron chi connectivity index (χ2n) is 7.26. The van der Waals surface area contributed by atoms with Gasteiger partial charge in [0.25, 0.3) is 0 Å². The Morgan fingerprint density at radius 3 is 2.55 bits per heavy atom. The maximum absolute atomic E-state index is 11.9. The summed E-state index contributed by atoms with van der Waals surface area (Å²) in [5, 5.41) is 6.77. The van der Waals surface area contributed by atoms with Gasteiger partial charge in [0.2, 0.25) is 5.91 Å². The molecule has 1 aliphatic heterocycles. The van der Waals surface area contributed by atoms with E-state index in [4.69, 9.17) is 4.74 Å². The quantitative estimate of drug-likeness (QED) is 0.227. The van der Waals surface area contributed by atoms with Crippen LogP contribution in [0.2, 0.25) is 0 Å². The molecule has 0 aromatic heterocycles. The molecule has 0 atom stereocenters. The Bertz CT molecular complexity index is 604. The molecule has 2 N–H and O–H groups in total. The average molecular weight is 517 g/mol. The number of nitrogens with zero attached hydrogens (tertiary/aromatic N) is 3. The molecule has 0 unspecified atom stereocenters. The Balaban J connectivity index is 0.00000420. The van der Waals surface area contributed by atoms with E-state index in [-0.39, 0.29) is 36.4 Å². The first kappa shape index (κ1) is 25.6. The van der Waals surface area contributed by atoms with Gasteiger partial charge in [0.15, 0.2) is 5.96 Å². The second kappa shape index (κ2) is 14.6. The van der Waals surface area contributed by atoms with E-state index in [9.17, 15) is 4.79 Å². The lowest BCUT2D eigenvalue weighted by molar-refractivity contribution is -0.127. The normalized spacial score (nSPS) is 15.5. The van der Waals surface area contributed by atoms with Crippen LogP contribution in [0.25, 0.3) is 0 Å². The molecule has 0 radical (unpaired) electrons. The van der Waals surface area contributed by atoms with E-state index in [1.165, 1.54) is 5.56 Å². The van der Waals surface area contributed by atoms with Gasteiger partial charge < -0.3 is 20.3 Å². The van der Waals surface area contributed by atoms with E-state index in [0.29, 0.717) is 31.8 Å². The van der Waals surface area contributed by atoms with Crippen molar-refractivity contribution in [1.82, 2.24) is 20.4 Å². The monoisotopic (exact) mass is 517 g/mol. The zero-order chi connectivity index (χ0) is 20.2. The molecule has 0 spiro atoms. The minimum absolute atomic E-state index is 0. The van der Waals surface area contributed by atoms with E-state index in [1.54, 1.807) is 19.0 Å². The zero-order valence-electron chi connectivity index (χ0n) is 17.9. The Hall–Kier alpha value is -1.39. The molecule has 0 aliphatic carbocycles. The molecular formula is C21H36IN5O2. The molecule has 1 saturated heterocycles. The van der Waals surface area contributed by atoms with Gasteiger partial charge in [-0.3, -0.25) is 9.69 Å². The summed E-state index contributed by atoms with van der Waals surface area (Å²) in [5.74, 6) is 0.681. The van der Waals surface area contributed by atoms with Gasteiger partial charge in [-0.15, -0.1) is 24.0 Å². The molecule has 2 rings (SSSR count). The third-order valence-corrected chi connectivity index (χ3v) is 4.79. The first-order valence-corrected chi connectivity index (χ1v) is 10.2. The number of rotatable bonds is 9. The van der Waals surface area contributed by atoms with Crippen LogP contribution in [0.1, 0.15) is 25.3 Å². The number of nitrogens with one attached hydrogen (secondary N) is 2. The van der Waals surface area contributed by atoms with Gasteiger partial charge in [-0.25, -0.2) is 4.99 Å². The predicted molar refractivity (Wildman–Crippen MR) is 129 cm³/mol. The highest BCUT2D eigenvalue weighted by atomic mass is 127. The number of carbonyl (C=O) groups excluding carboxylic acids is 1. The first-order valence-electron chi connectivity index (χ1n) is 10.2. The molecule has 1 aliphatic rings. The Labute approximate surface area is 192 Å². The van der Waals surface area contributed by atoms with Crippen LogP contribution in [0.4, 0.5) is 0 Å². The summed E-state index contributed by atoms with van der Waals surface area (Å²) in [7, 11) is 3.49. The number of likely N-dealkylation sites (N-methyl/N-ethyl adjacent to an activating group) is 1. The minimum Gasteiger partial charge on any atom is -0.380 e. The second-order valence-corrected chi connectivity index (χ2v) is 7.26. The summed E-state index contributed by atoms with van der Waals surface area (Å²) >= 11 is 0. The molecule has 1 fully saturated rings. The fourth-order valence-electron chi connectivity index (χ4n) is 3.10. The Morgan fingerprint density at radius 1 is 1.24 bits per heavy atom. The summed E-state index contributed by atoms with van der Waals surface area (Å²) in [6, 6.07) is 11.0.